The molecule has 14 N–H and O–H groups in total. The highest BCUT2D eigenvalue weighted by Crippen LogP contribution is 2.34. The summed E-state index contributed by atoms with van der Waals surface area (Å²) < 4.78 is 39.1. The van der Waals surface area contributed by atoms with E-state index in [-0.39, 0.29) is 0 Å². The van der Waals surface area contributed by atoms with Crippen LogP contribution in [-0.4, -0.2) is 222 Å². The first-order valence-corrected chi connectivity index (χ1v) is 16.1. The molecule has 0 bridgehead atoms. The molecule has 0 spiro atoms. The second kappa shape index (κ2) is 18.0. The molecule has 51 heavy (non-hydrogen) atoms. The lowest BCUT2D eigenvalue weighted by Crippen LogP contribution is -2.70. The van der Waals surface area contributed by atoms with Gasteiger partial charge in [0.05, 0.1) is 26.4 Å². The molecule has 4 saturated heterocycles. The fraction of sp³-hybridized carbons (Fsp3) is 0.929. The number of carbonyl (C=O) groups is 2. The fourth-order valence-corrected chi connectivity index (χ4v) is 6.35. The summed E-state index contributed by atoms with van der Waals surface area (Å²) in [5.41, 5.74) is 0. The third-order valence-electron chi connectivity index (χ3n) is 9.01. The molecule has 0 unspecified atom stereocenters. The Bertz CT molecular complexity index is 1140. The Labute approximate surface area is 289 Å². The van der Waals surface area contributed by atoms with Crippen molar-refractivity contribution in [1.82, 2.24) is 10.6 Å². The number of ether oxygens (including phenoxy) is 7. The van der Waals surface area contributed by atoms with Gasteiger partial charge >= 0.3 is 0 Å². The largest absolute Gasteiger partial charge is 0.394 e. The molecule has 0 aliphatic carbocycles. The Hall–Kier alpha value is -1.82. The van der Waals surface area contributed by atoms with Crippen LogP contribution in [0.4, 0.5) is 0 Å². The van der Waals surface area contributed by atoms with Gasteiger partial charge in [0.1, 0.15) is 97.5 Å². The van der Waals surface area contributed by atoms with Crippen molar-refractivity contribution in [1.29, 1.82) is 0 Å². The lowest BCUT2D eigenvalue weighted by atomic mass is 9.94. The average Bonchev–Trinajstić information content (AvgIpc) is 3.09. The van der Waals surface area contributed by atoms with E-state index in [1.165, 1.54) is 0 Å². The van der Waals surface area contributed by atoms with Gasteiger partial charge in [0, 0.05) is 13.8 Å². The molecule has 0 aromatic heterocycles. The Kier molecular flexibility index (Phi) is 14.8. The summed E-state index contributed by atoms with van der Waals surface area (Å²) >= 11 is 0. The van der Waals surface area contributed by atoms with Gasteiger partial charge in [-0.05, 0) is 0 Å². The van der Waals surface area contributed by atoms with E-state index < -0.39 is 161 Å². The van der Waals surface area contributed by atoms with Crippen molar-refractivity contribution in [2.75, 3.05) is 26.4 Å². The predicted octanol–water partition coefficient (Wildman–Crippen LogP) is -9.46. The average molecular weight is 749 g/mol. The molecule has 4 fully saturated rings. The van der Waals surface area contributed by atoms with Gasteiger partial charge in [0.15, 0.2) is 25.2 Å². The molecule has 4 aliphatic heterocycles. The van der Waals surface area contributed by atoms with Gasteiger partial charge in [-0.2, -0.15) is 0 Å². The van der Waals surface area contributed by atoms with E-state index in [1.54, 1.807) is 0 Å². The Morgan fingerprint density at radius 3 is 1.41 bits per heavy atom. The first kappa shape index (κ1) is 41.9. The maximum absolute atomic E-state index is 12.2. The third kappa shape index (κ3) is 9.11. The van der Waals surface area contributed by atoms with E-state index in [2.05, 4.69) is 10.6 Å². The molecule has 0 saturated carbocycles. The van der Waals surface area contributed by atoms with E-state index >= 15 is 0 Å². The molecule has 20 atom stereocenters. The Morgan fingerprint density at radius 2 is 0.882 bits per heavy atom. The molecule has 296 valence electrons. The van der Waals surface area contributed by atoms with Crippen molar-refractivity contribution >= 4 is 11.8 Å². The summed E-state index contributed by atoms with van der Waals surface area (Å²) in [6, 6.07) is -3.04. The molecule has 23 nitrogen and oxygen atoms in total. The summed E-state index contributed by atoms with van der Waals surface area (Å²) in [6.45, 7) is -1.28. The van der Waals surface area contributed by atoms with E-state index in [1.807, 2.05) is 0 Å². The van der Waals surface area contributed by atoms with Crippen LogP contribution in [0.25, 0.3) is 0 Å². The van der Waals surface area contributed by atoms with Gasteiger partial charge in [-0.25, -0.2) is 0 Å². The quantitative estimate of drug-likeness (QED) is 0.0881. The standard InChI is InChI=1S/C28H48N2O21/c1-7(35)29-13-17(39)22(11(5-33)45-25(13)44)49-26-14(30-8(2)36)18(40)23(12(6-34)48-26)50-28-21(43)24(16(38)10(4-32)47-28)51-27-20(42)19(41)15(37)9(3-31)46-27/h9-28,31-34,37-44H,3-6H2,1-2H3,(H,29,35)(H,30,36)/t9-,10-,11-,12-,13-,14-,15-,16-,17-,18-,19+,20+,21+,22-,23-,24+,25+,26-,27+,28+/m1/s1. The van der Waals surface area contributed by atoms with Crippen LogP contribution in [-0.2, 0) is 42.7 Å². The van der Waals surface area contributed by atoms with Crippen molar-refractivity contribution in [2.24, 2.45) is 0 Å². The number of rotatable bonds is 12. The molecular weight excluding hydrogens is 700 g/mol. The second-order valence-electron chi connectivity index (χ2n) is 12.6. The first-order valence-electron chi connectivity index (χ1n) is 16.1. The second-order valence-corrected chi connectivity index (χ2v) is 12.6. The molecule has 2 amide bonds. The third-order valence-corrected chi connectivity index (χ3v) is 9.01. The molecule has 4 aliphatic rings. The first-order chi connectivity index (χ1) is 24.1. The zero-order valence-corrected chi connectivity index (χ0v) is 27.4. The molecular formula is C28H48N2O21. The molecule has 4 rings (SSSR count). The van der Waals surface area contributed by atoms with Crippen molar-refractivity contribution in [2.45, 2.75) is 137 Å². The highest BCUT2D eigenvalue weighted by Gasteiger charge is 2.55. The zero-order valence-electron chi connectivity index (χ0n) is 27.4. The zero-order chi connectivity index (χ0) is 37.9. The lowest BCUT2D eigenvalue weighted by molar-refractivity contribution is -0.379. The normalized spacial score (nSPS) is 47.8. The number of hydrogen-bond donors (Lipinski definition) is 14. The van der Waals surface area contributed by atoms with Gasteiger partial charge < -0.3 is 105 Å². The smallest absolute Gasteiger partial charge is 0.217 e. The summed E-state index contributed by atoms with van der Waals surface area (Å²) in [5, 5.41) is 130. The van der Waals surface area contributed by atoms with E-state index in [9.17, 15) is 70.9 Å². The van der Waals surface area contributed by atoms with Crippen LogP contribution in [0.5, 0.6) is 0 Å². The summed E-state index contributed by atoms with van der Waals surface area (Å²) in [5.74, 6) is -1.40. The monoisotopic (exact) mass is 748 g/mol. The van der Waals surface area contributed by atoms with Crippen LogP contribution in [0.1, 0.15) is 13.8 Å². The maximum Gasteiger partial charge on any atom is 0.217 e. The molecule has 0 aromatic carbocycles. The summed E-state index contributed by atoms with van der Waals surface area (Å²) in [7, 11) is 0. The number of carbonyl (C=O) groups excluding carboxylic acids is 2. The number of aliphatic hydroxyl groups excluding tert-OH is 12. The SMILES string of the molecule is CC(=O)N[C@@H]1[C@@H](O)[C@H](O[C@H]2O[C@H](CO)[C@@H](O[C@@H]3O[C@H](CO)[C@@H](O)[C@H](O[C@@H]4O[C@H](CO)[C@@H](O)[C@H](O)[C@@H]4O)[C@@H]3O)[C@H](O)[C@H]2NC(C)=O)[C@@H](CO)O[C@@H]1O. The molecule has 23 heteroatoms. The summed E-state index contributed by atoms with van der Waals surface area (Å²) in [6.07, 6.45) is -31.4. The van der Waals surface area contributed by atoms with E-state index in [4.69, 9.17) is 33.2 Å². The highest BCUT2D eigenvalue weighted by molar-refractivity contribution is 5.73. The van der Waals surface area contributed by atoms with Gasteiger partial charge in [-0.1, -0.05) is 0 Å². The number of nitrogens with one attached hydrogen (secondary N) is 2. The minimum Gasteiger partial charge on any atom is -0.394 e. The summed E-state index contributed by atoms with van der Waals surface area (Å²) in [4.78, 5) is 23.9. The Morgan fingerprint density at radius 1 is 0.471 bits per heavy atom. The maximum atomic E-state index is 12.2. The van der Waals surface area contributed by atoms with Crippen molar-refractivity contribution < 1.29 is 104 Å². The van der Waals surface area contributed by atoms with Crippen LogP contribution in [0.3, 0.4) is 0 Å². The van der Waals surface area contributed by atoms with E-state index in [0.29, 0.717) is 0 Å². The Balaban J connectivity index is 1.56. The van der Waals surface area contributed by atoms with Crippen molar-refractivity contribution in [3.63, 3.8) is 0 Å². The van der Waals surface area contributed by atoms with Gasteiger partial charge in [0.25, 0.3) is 0 Å². The van der Waals surface area contributed by atoms with Crippen molar-refractivity contribution in [3.8, 4) is 0 Å². The molecule has 4 heterocycles. The van der Waals surface area contributed by atoms with Crippen LogP contribution in [0.15, 0.2) is 0 Å². The minimum atomic E-state index is -2.04. The fourth-order valence-electron chi connectivity index (χ4n) is 6.35. The highest BCUT2D eigenvalue weighted by atomic mass is 16.8. The van der Waals surface area contributed by atoms with E-state index in [0.717, 1.165) is 13.8 Å². The molecule has 0 aromatic rings. The van der Waals surface area contributed by atoms with Crippen LogP contribution >= 0.6 is 0 Å². The lowest BCUT2D eigenvalue weighted by Gasteiger charge is -2.50. The van der Waals surface area contributed by atoms with Crippen LogP contribution in [0.2, 0.25) is 0 Å². The minimum absolute atomic E-state index is 0.660. The number of hydrogen-bond acceptors (Lipinski definition) is 21. The van der Waals surface area contributed by atoms with Gasteiger partial charge in [-0.3, -0.25) is 9.59 Å². The number of aliphatic hydroxyl groups is 12. The van der Waals surface area contributed by atoms with Crippen molar-refractivity contribution in [3.05, 3.63) is 0 Å². The molecule has 0 radical (unpaired) electrons. The van der Waals surface area contributed by atoms with Crippen LogP contribution in [0, 0.1) is 0 Å². The van der Waals surface area contributed by atoms with Gasteiger partial charge in [-0.15, -0.1) is 0 Å². The van der Waals surface area contributed by atoms with Crippen LogP contribution < -0.4 is 10.6 Å². The number of amides is 2. The van der Waals surface area contributed by atoms with Gasteiger partial charge in [0.2, 0.25) is 11.8 Å². The predicted molar refractivity (Wildman–Crippen MR) is 157 cm³/mol. The topological polar surface area (TPSA) is 366 Å².